The number of ether oxygens (including phenoxy) is 4. The van der Waals surface area contributed by atoms with Crippen LogP contribution in [-0.2, 0) is 14.3 Å². The highest BCUT2D eigenvalue weighted by Gasteiger charge is 2.47. The molecule has 3 aliphatic rings. The first-order valence-corrected chi connectivity index (χ1v) is 12.8. The Kier molecular flexibility index (Phi) is 7.62. The average Bonchev–Trinajstić information content (AvgIpc) is 3.18. The maximum absolute atomic E-state index is 13.4. The molecule has 9 heteroatoms. The minimum Gasteiger partial charge on any atom is -0.507 e. The van der Waals surface area contributed by atoms with Gasteiger partial charge in [-0.25, -0.2) is 0 Å². The Morgan fingerprint density at radius 3 is 2.54 bits per heavy atom. The minimum absolute atomic E-state index is 0.0419. The molecule has 1 N–H and O–H groups in total. The van der Waals surface area contributed by atoms with Crippen molar-refractivity contribution in [3.63, 3.8) is 0 Å². The molecule has 2 aromatic rings. The molecule has 2 fully saturated rings. The van der Waals surface area contributed by atoms with E-state index >= 15 is 0 Å². The number of aliphatic hydroxyl groups is 1. The Hall–Kier alpha value is -3.56. The summed E-state index contributed by atoms with van der Waals surface area (Å²) >= 11 is 0. The quantitative estimate of drug-likeness (QED) is 0.330. The van der Waals surface area contributed by atoms with E-state index < -0.39 is 17.7 Å². The van der Waals surface area contributed by atoms with Crippen LogP contribution in [0.3, 0.4) is 0 Å². The van der Waals surface area contributed by atoms with E-state index in [1.54, 1.807) is 23.1 Å². The Morgan fingerprint density at radius 1 is 1.00 bits per heavy atom. The summed E-state index contributed by atoms with van der Waals surface area (Å²) in [6, 6.07) is 11.6. The van der Waals surface area contributed by atoms with Crippen molar-refractivity contribution in [2.45, 2.75) is 19.4 Å². The van der Waals surface area contributed by atoms with Crippen LogP contribution in [0.5, 0.6) is 17.2 Å². The fourth-order valence-corrected chi connectivity index (χ4v) is 5.06. The van der Waals surface area contributed by atoms with E-state index in [0.717, 1.165) is 19.6 Å². The molecular formula is C28H32N2O7. The highest BCUT2D eigenvalue weighted by atomic mass is 16.6. The average molecular weight is 509 g/mol. The molecule has 0 bridgehead atoms. The van der Waals surface area contributed by atoms with Gasteiger partial charge in [-0.15, -0.1) is 0 Å². The molecule has 2 saturated heterocycles. The Labute approximate surface area is 216 Å². The molecule has 1 amide bonds. The van der Waals surface area contributed by atoms with Gasteiger partial charge in [0, 0.05) is 37.3 Å². The van der Waals surface area contributed by atoms with Crippen LogP contribution < -0.4 is 14.2 Å². The topological polar surface area (TPSA) is 97.8 Å². The smallest absolute Gasteiger partial charge is 0.295 e. The predicted octanol–water partition coefficient (Wildman–Crippen LogP) is 3.00. The Morgan fingerprint density at radius 2 is 1.76 bits per heavy atom. The number of carbonyl (C=O) groups excluding carboxylic acids is 2. The van der Waals surface area contributed by atoms with Crippen molar-refractivity contribution in [1.29, 1.82) is 0 Å². The molecule has 1 atom stereocenters. The molecular weight excluding hydrogens is 476 g/mol. The number of carbonyl (C=O) groups is 2. The number of nitrogens with zero attached hydrogens (tertiary/aromatic N) is 2. The third-order valence-electron chi connectivity index (χ3n) is 6.85. The van der Waals surface area contributed by atoms with Crippen LogP contribution in [-0.4, -0.2) is 85.8 Å². The lowest BCUT2D eigenvalue weighted by Gasteiger charge is -2.29. The van der Waals surface area contributed by atoms with Crippen LogP contribution in [0.4, 0.5) is 0 Å². The first-order chi connectivity index (χ1) is 18.1. The molecule has 196 valence electrons. The SMILES string of the molecule is CCOc1ccccc1C1/C(=C(/O)c2ccc3c(c2)OCCO3)C(=O)C(=O)N1CCCN1CCOCC1. The van der Waals surface area contributed by atoms with Crippen molar-refractivity contribution >= 4 is 17.4 Å². The summed E-state index contributed by atoms with van der Waals surface area (Å²) in [5.74, 6) is 0.0452. The number of para-hydroxylation sites is 1. The first kappa shape index (κ1) is 25.1. The lowest BCUT2D eigenvalue weighted by Crippen LogP contribution is -2.39. The number of Topliss-reactive ketones (excluding diaryl/α,β-unsaturated/α-hetero) is 1. The van der Waals surface area contributed by atoms with Gasteiger partial charge in [-0.1, -0.05) is 18.2 Å². The highest BCUT2D eigenvalue weighted by Crippen LogP contribution is 2.43. The van der Waals surface area contributed by atoms with Crippen LogP contribution in [0, 0.1) is 0 Å². The zero-order chi connectivity index (χ0) is 25.8. The van der Waals surface area contributed by atoms with Gasteiger partial charge in [0.25, 0.3) is 11.7 Å². The van der Waals surface area contributed by atoms with Crippen molar-refractivity contribution in [3.05, 3.63) is 59.2 Å². The van der Waals surface area contributed by atoms with E-state index in [1.165, 1.54) is 0 Å². The van der Waals surface area contributed by atoms with Crippen molar-refractivity contribution < 1.29 is 33.6 Å². The van der Waals surface area contributed by atoms with Crippen LogP contribution in [0.1, 0.15) is 30.5 Å². The van der Waals surface area contributed by atoms with E-state index in [1.807, 2.05) is 31.2 Å². The van der Waals surface area contributed by atoms with E-state index in [-0.39, 0.29) is 11.3 Å². The van der Waals surface area contributed by atoms with E-state index in [9.17, 15) is 14.7 Å². The summed E-state index contributed by atoms with van der Waals surface area (Å²) < 4.78 is 22.5. The van der Waals surface area contributed by atoms with Crippen molar-refractivity contribution in [1.82, 2.24) is 9.80 Å². The monoisotopic (exact) mass is 508 g/mol. The van der Waals surface area contributed by atoms with Crippen LogP contribution >= 0.6 is 0 Å². The molecule has 5 rings (SSSR count). The van der Waals surface area contributed by atoms with Gasteiger partial charge in [0.2, 0.25) is 0 Å². The predicted molar refractivity (Wildman–Crippen MR) is 136 cm³/mol. The van der Waals surface area contributed by atoms with Crippen molar-refractivity contribution in [3.8, 4) is 17.2 Å². The van der Waals surface area contributed by atoms with Crippen LogP contribution in [0.2, 0.25) is 0 Å². The van der Waals surface area contributed by atoms with Gasteiger partial charge in [0.15, 0.2) is 11.5 Å². The zero-order valence-corrected chi connectivity index (χ0v) is 21.0. The van der Waals surface area contributed by atoms with Gasteiger partial charge in [-0.3, -0.25) is 14.5 Å². The molecule has 0 spiro atoms. The normalized spacial score (nSPS) is 21.3. The molecule has 37 heavy (non-hydrogen) atoms. The van der Waals surface area contributed by atoms with Crippen molar-refractivity contribution in [2.75, 3.05) is 59.2 Å². The second-order valence-corrected chi connectivity index (χ2v) is 9.13. The third-order valence-corrected chi connectivity index (χ3v) is 6.85. The fourth-order valence-electron chi connectivity index (χ4n) is 5.06. The molecule has 0 saturated carbocycles. The van der Waals surface area contributed by atoms with E-state index in [0.29, 0.717) is 74.4 Å². The van der Waals surface area contributed by atoms with Crippen molar-refractivity contribution in [2.24, 2.45) is 0 Å². The largest absolute Gasteiger partial charge is 0.507 e. The molecule has 0 aliphatic carbocycles. The number of morpholine rings is 1. The minimum atomic E-state index is -0.777. The summed E-state index contributed by atoms with van der Waals surface area (Å²) in [6.07, 6.45) is 0.685. The number of hydrogen-bond donors (Lipinski definition) is 1. The van der Waals surface area contributed by atoms with Gasteiger partial charge in [0.1, 0.15) is 24.7 Å². The number of benzene rings is 2. The lowest BCUT2D eigenvalue weighted by atomic mass is 9.94. The molecule has 0 radical (unpaired) electrons. The third kappa shape index (κ3) is 5.14. The molecule has 3 aliphatic heterocycles. The number of fused-ring (bicyclic) bond motifs is 1. The first-order valence-electron chi connectivity index (χ1n) is 12.8. The maximum Gasteiger partial charge on any atom is 0.295 e. The van der Waals surface area contributed by atoms with Crippen LogP contribution in [0.25, 0.3) is 5.76 Å². The summed E-state index contributed by atoms with van der Waals surface area (Å²) in [5, 5.41) is 11.4. The second-order valence-electron chi connectivity index (χ2n) is 9.13. The standard InChI is InChI=1S/C28H32N2O7/c1-2-35-21-7-4-3-6-20(21)25-24(26(31)19-8-9-22-23(18-19)37-17-16-36-22)27(32)28(33)30(25)11-5-10-29-12-14-34-15-13-29/h3-4,6-9,18,25,31H,2,5,10-17H2,1H3/b26-24-. The van der Waals surface area contributed by atoms with Gasteiger partial charge in [-0.05, 0) is 37.6 Å². The summed E-state index contributed by atoms with van der Waals surface area (Å²) in [4.78, 5) is 30.6. The van der Waals surface area contributed by atoms with Gasteiger partial charge < -0.3 is 29.0 Å². The number of likely N-dealkylation sites (tertiary alicyclic amines) is 1. The Bertz CT molecular complexity index is 1190. The summed E-state index contributed by atoms with van der Waals surface area (Å²) in [7, 11) is 0. The summed E-state index contributed by atoms with van der Waals surface area (Å²) in [5.41, 5.74) is 1.09. The zero-order valence-electron chi connectivity index (χ0n) is 21.0. The van der Waals surface area contributed by atoms with Gasteiger partial charge >= 0.3 is 0 Å². The van der Waals surface area contributed by atoms with Gasteiger partial charge in [0.05, 0.1) is 31.4 Å². The number of aliphatic hydroxyl groups excluding tert-OH is 1. The van der Waals surface area contributed by atoms with Gasteiger partial charge in [-0.2, -0.15) is 0 Å². The number of hydrogen-bond acceptors (Lipinski definition) is 8. The van der Waals surface area contributed by atoms with E-state index in [4.69, 9.17) is 18.9 Å². The van der Waals surface area contributed by atoms with Crippen LogP contribution in [0.15, 0.2) is 48.0 Å². The molecule has 1 unspecified atom stereocenters. The highest BCUT2D eigenvalue weighted by molar-refractivity contribution is 6.46. The second kappa shape index (κ2) is 11.2. The lowest BCUT2D eigenvalue weighted by molar-refractivity contribution is -0.140. The summed E-state index contributed by atoms with van der Waals surface area (Å²) in [6.45, 7) is 7.39. The van der Waals surface area contributed by atoms with E-state index in [2.05, 4.69) is 4.90 Å². The molecule has 9 nitrogen and oxygen atoms in total. The number of amides is 1. The molecule has 0 aromatic heterocycles. The number of rotatable bonds is 8. The fraction of sp³-hybridized carbons (Fsp3) is 0.429. The number of ketones is 1. The maximum atomic E-state index is 13.4. The Balaban J connectivity index is 1.52. The molecule has 2 aromatic carbocycles. The molecule has 3 heterocycles.